The Kier molecular flexibility index (Phi) is 4.88. The van der Waals surface area contributed by atoms with Crippen LogP contribution in [0, 0.1) is 11.8 Å². The maximum absolute atomic E-state index is 6.51. The standard InChI is InChI=1S/C23H26Cl2N2O3/c24-19-2-1-3-20(25)22(19)27-21(18(12-26-27)14-4-5-14)13-28-17-10-15-6-7-16(11-17)23(15)29-8-9-30-23/h1-3,12,14-17H,4-11,13H2/t15-,16+,17?. The maximum Gasteiger partial charge on any atom is 0.174 e. The Bertz CT molecular complexity index is 916. The molecule has 2 aromatic rings. The minimum atomic E-state index is -0.327. The van der Waals surface area contributed by atoms with Gasteiger partial charge in [0.25, 0.3) is 0 Å². The van der Waals surface area contributed by atoms with Crippen molar-refractivity contribution in [3.05, 3.63) is 45.7 Å². The highest BCUT2D eigenvalue weighted by molar-refractivity contribution is 6.37. The summed E-state index contributed by atoms with van der Waals surface area (Å²) < 4.78 is 20.6. The summed E-state index contributed by atoms with van der Waals surface area (Å²) in [6, 6.07) is 5.56. The maximum atomic E-state index is 6.51. The van der Waals surface area contributed by atoms with Crippen molar-refractivity contribution >= 4 is 23.2 Å². The van der Waals surface area contributed by atoms with Crippen LogP contribution < -0.4 is 0 Å². The largest absolute Gasteiger partial charge is 0.372 e. The van der Waals surface area contributed by atoms with E-state index in [1.807, 2.05) is 29.1 Å². The summed E-state index contributed by atoms with van der Waals surface area (Å²) in [5.41, 5.74) is 3.08. The number of hydrogen-bond donors (Lipinski definition) is 0. The fourth-order valence-corrected chi connectivity index (χ4v) is 6.39. The zero-order valence-electron chi connectivity index (χ0n) is 16.9. The molecule has 1 aliphatic heterocycles. The Morgan fingerprint density at radius 2 is 1.70 bits per heavy atom. The molecule has 2 heterocycles. The number of rotatable bonds is 5. The minimum Gasteiger partial charge on any atom is -0.372 e. The second kappa shape index (κ2) is 7.49. The van der Waals surface area contributed by atoms with Crippen LogP contribution >= 0.6 is 23.2 Å². The van der Waals surface area contributed by atoms with E-state index in [-0.39, 0.29) is 11.9 Å². The summed E-state index contributed by atoms with van der Waals surface area (Å²) in [6.45, 7) is 1.97. The van der Waals surface area contributed by atoms with Crippen LogP contribution in [0.4, 0.5) is 0 Å². The van der Waals surface area contributed by atoms with Crippen molar-refractivity contribution < 1.29 is 14.2 Å². The topological polar surface area (TPSA) is 45.5 Å². The molecule has 4 aliphatic rings. The molecule has 3 aliphatic carbocycles. The summed E-state index contributed by atoms with van der Waals surface area (Å²) in [7, 11) is 0. The van der Waals surface area contributed by atoms with Crippen LogP contribution in [0.15, 0.2) is 24.4 Å². The third-order valence-corrected chi connectivity index (χ3v) is 7.97. The second-order valence-electron chi connectivity index (χ2n) is 9.10. The fraction of sp³-hybridized carbons (Fsp3) is 0.609. The van der Waals surface area contributed by atoms with E-state index in [2.05, 4.69) is 5.10 Å². The highest BCUT2D eigenvalue weighted by Crippen LogP contribution is 2.54. The van der Waals surface area contributed by atoms with Gasteiger partial charge in [-0.2, -0.15) is 5.10 Å². The molecule has 3 atom stereocenters. The molecule has 6 rings (SSSR count). The lowest BCUT2D eigenvalue weighted by molar-refractivity contribution is -0.238. The highest BCUT2D eigenvalue weighted by Gasteiger charge is 2.58. The second-order valence-corrected chi connectivity index (χ2v) is 9.91. The molecule has 1 unspecified atom stereocenters. The predicted molar refractivity (Wildman–Crippen MR) is 114 cm³/mol. The summed E-state index contributed by atoms with van der Waals surface area (Å²) >= 11 is 13.0. The molecule has 0 amide bonds. The van der Waals surface area contributed by atoms with Gasteiger partial charge in [-0.05, 0) is 62.1 Å². The number of para-hydroxylation sites is 1. The van der Waals surface area contributed by atoms with Crippen molar-refractivity contribution in [3.8, 4) is 5.69 Å². The van der Waals surface area contributed by atoms with E-state index < -0.39 is 0 Å². The molecular weight excluding hydrogens is 423 g/mol. The first-order chi connectivity index (χ1) is 14.7. The molecule has 1 aromatic carbocycles. The van der Waals surface area contributed by atoms with Crippen LogP contribution in [0.1, 0.15) is 55.7 Å². The summed E-state index contributed by atoms with van der Waals surface area (Å²) in [5.74, 6) is 1.13. The van der Waals surface area contributed by atoms with Crippen LogP contribution in [-0.2, 0) is 20.8 Å². The lowest BCUT2D eigenvalue weighted by atomic mass is 9.81. The Labute approximate surface area is 186 Å². The lowest BCUT2D eigenvalue weighted by Gasteiger charge is -2.41. The summed E-state index contributed by atoms with van der Waals surface area (Å²) in [4.78, 5) is 0. The van der Waals surface area contributed by atoms with Gasteiger partial charge in [0.2, 0.25) is 0 Å². The fourth-order valence-electron chi connectivity index (χ4n) is 5.83. The third kappa shape index (κ3) is 3.13. The lowest BCUT2D eigenvalue weighted by Crippen LogP contribution is -2.47. The molecule has 3 saturated carbocycles. The van der Waals surface area contributed by atoms with Gasteiger partial charge in [0.1, 0.15) is 5.69 Å². The SMILES string of the molecule is Clc1cccc(Cl)c1-n1ncc(C2CC2)c1COC1C[C@H]2CC[C@@H](C1)C21OCCO1. The van der Waals surface area contributed by atoms with Gasteiger partial charge < -0.3 is 14.2 Å². The number of benzene rings is 1. The summed E-state index contributed by atoms with van der Waals surface area (Å²) in [5, 5.41) is 5.86. The number of hydrogen-bond acceptors (Lipinski definition) is 4. The van der Waals surface area contributed by atoms with Crippen molar-refractivity contribution in [3.63, 3.8) is 0 Å². The molecule has 4 fully saturated rings. The van der Waals surface area contributed by atoms with Crippen molar-refractivity contribution in [2.45, 2.75) is 62.9 Å². The number of ether oxygens (including phenoxy) is 3. The molecule has 0 N–H and O–H groups in total. The first-order valence-electron chi connectivity index (χ1n) is 11.1. The summed E-state index contributed by atoms with van der Waals surface area (Å²) in [6.07, 6.45) is 8.94. The number of nitrogens with zero attached hydrogens (tertiary/aromatic N) is 2. The monoisotopic (exact) mass is 448 g/mol. The van der Waals surface area contributed by atoms with Crippen LogP contribution in [0.2, 0.25) is 10.0 Å². The molecule has 30 heavy (non-hydrogen) atoms. The molecule has 1 aromatic heterocycles. The number of halogens is 2. The highest BCUT2D eigenvalue weighted by atomic mass is 35.5. The van der Waals surface area contributed by atoms with Gasteiger partial charge in [0.15, 0.2) is 5.79 Å². The van der Waals surface area contributed by atoms with Gasteiger partial charge in [0.05, 0.1) is 47.9 Å². The Balaban J connectivity index is 1.24. The smallest absolute Gasteiger partial charge is 0.174 e. The van der Waals surface area contributed by atoms with E-state index in [0.717, 1.165) is 37.4 Å². The zero-order valence-corrected chi connectivity index (χ0v) is 18.4. The van der Waals surface area contributed by atoms with Crippen molar-refractivity contribution in [2.24, 2.45) is 11.8 Å². The number of aromatic nitrogens is 2. The first kappa shape index (κ1) is 19.6. The van der Waals surface area contributed by atoms with Crippen LogP contribution in [0.5, 0.6) is 0 Å². The predicted octanol–water partition coefficient (Wildman–Crippen LogP) is 5.50. The van der Waals surface area contributed by atoms with Gasteiger partial charge in [-0.25, -0.2) is 4.68 Å². The van der Waals surface area contributed by atoms with E-state index in [0.29, 0.717) is 34.4 Å². The van der Waals surface area contributed by atoms with Crippen LogP contribution in [-0.4, -0.2) is 34.9 Å². The molecule has 5 nitrogen and oxygen atoms in total. The third-order valence-electron chi connectivity index (χ3n) is 7.36. The Hall–Kier alpha value is -1.11. The van der Waals surface area contributed by atoms with Gasteiger partial charge >= 0.3 is 0 Å². The van der Waals surface area contributed by atoms with Crippen molar-refractivity contribution in [1.29, 1.82) is 0 Å². The molecular formula is C23H26Cl2N2O3. The average molecular weight is 449 g/mol. The Morgan fingerprint density at radius 3 is 2.33 bits per heavy atom. The first-order valence-corrected chi connectivity index (χ1v) is 11.8. The van der Waals surface area contributed by atoms with Gasteiger partial charge in [-0.3, -0.25) is 0 Å². The molecule has 0 radical (unpaired) electrons. The molecule has 1 spiro atoms. The average Bonchev–Trinajstić information content (AvgIpc) is 3.28. The zero-order chi connectivity index (χ0) is 20.3. The van der Waals surface area contributed by atoms with Gasteiger partial charge in [-0.15, -0.1) is 0 Å². The van der Waals surface area contributed by atoms with E-state index in [1.165, 1.54) is 31.2 Å². The van der Waals surface area contributed by atoms with Gasteiger partial charge in [-0.1, -0.05) is 29.3 Å². The van der Waals surface area contributed by atoms with Crippen molar-refractivity contribution in [1.82, 2.24) is 9.78 Å². The molecule has 1 saturated heterocycles. The van der Waals surface area contributed by atoms with E-state index in [9.17, 15) is 0 Å². The van der Waals surface area contributed by atoms with Crippen molar-refractivity contribution in [2.75, 3.05) is 13.2 Å². The van der Waals surface area contributed by atoms with Crippen LogP contribution in [0.25, 0.3) is 5.69 Å². The molecule has 7 heteroatoms. The van der Waals surface area contributed by atoms with E-state index in [4.69, 9.17) is 37.4 Å². The Morgan fingerprint density at radius 1 is 1.03 bits per heavy atom. The van der Waals surface area contributed by atoms with Crippen LogP contribution in [0.3, 0.4) is 0 Å². The van der Waals surface area contributed by atoms with Gasteiger partial charge in [0, 0.05) is 11.8 Å². The molecule has 2 bridgehead atoms. The van der Waals surface area contributed by atoms with E-state index in [1.54, 1.807) is 0 Å². The normalized spacial score (nSPS) is 29.7. The minimum absolute atomic E-state index is 0.220. The van der Waals surface area contributed by atoms with E-state index >= 15 is 0 Å². The molecule has 160 valence electrons. The quantitative estimate of drug-likeness (QED) is 0.605.